The van der Waals surface area contributed by atoms with Crippen LogP contribution >= 0.6 is 11.3 Å². The monoisotopic (exact) mass is 368 g/mol. The van der Waals surface area contributed by atoms with Crippen LogP contribution in [-0.2, 0) is 12.8 Å². The average molecular weight is 369 g/mol. The third-order valence-electron chi connectivity index (χ3n) is 5.23. The number of imidazole rings is 1. The SMILES string of the molecule is Cc1ccn2cc(C(=O)Nc3nc4c(s3)CC(C(C)(C)C)CC4)nc2c1. The summed E-state index contributed by atoms with van der Waals surface area (Å²) in [5, 5.41) is 3.62. The van der Waals surface area contributed by atoms with Crippen LogP contribution in [0.25, 0.3) is 5.65 Å². The quantitative estimate of drug-likeness (QED) is 0.724. The number of aromatic nitrogens is 3. The third-order valence-corrected chi connectivity index (χ3v) is 6.27. The molecule has 3 heterocycles. The first-order valence-corrected chi connectivity index (χ1v) is 9.86. The van der Waals surface area contributed by atoms with E-state index in [1.807, 2.05) is 29.7 Å². The van der Waals surface area contributed by atoms with Crippen molar-refractivity contribution in [1.82, 2.24) is 14.4 Å². The summed E-state index contributed by atoms with van der Waals surface area (Å²) in [6, 6.07) is 3.96. The summed E-state index contributed by atoms with van der Waals surface area (Å²) in [6.07, 6.45) is 6.90. The van der Waals surface area contributed by atoms with E-state index in [0.717, 1.165) is 29.7 Å². The van der Waals surface area contributed by atoms with Crippen LogP contribution in [0.2, 0.25) is 0 Å². The van der Waals surface area contributed by atoms with Crippen LogP contribution in [0, 0.1) is 18.3 Å². The molecule has 0 aromatic carbocycles. The molecule has 1 aliphatic rings. The maximum absolute atomic E-state index is 12.6. The molecule has 4 rings (SSSR count). The van der Waals surface area contributed by atoms with Gasteiger partial charge in [0.15, 0.2) is 5.13 Å². The van der Waals surface area contributed by atoms with Gasteiger partial charge in [0.1, 0.15) is 11.3 Å². The molecule has 0 radical (unpaired) electrons. The molecular weight excluding hydrogens is 344 g/mol. The summed E-state index contributed by atoms with van der Waals surface area (Å²) >= 11 is 1.61. The number of hydrogen-bond donors (Lipinski definition) is 1. The summed E-state index contributed by atoms with van der Waals surface area (Å²) in [4.78, 5) is 23.0. The molecule has 0 spiro atoms. The number of aryl methyl sites for hydroxylation is 2. The van der Waals surface area contributed by atoms with Crippen LogP contribution in [0.4, 0.5) is 5.13 Å². The topological polar surface area (TPSA) is 59.3 Å². The van der Waals surface area contributed by atoms with Gasteiger partial charge in [-0.2, -0.15) is 0 Å². The first kappa shape index (κ1) is 17.2. The molecule has 26 heavy (non-hydrogen) atoms. The molecule has 0 saturated carbocycles. The molecule has 1 atom stereocenters. The molecule has 0 aliphatic heterocycles. The minimum Gasteiger partial charge on any atom is -0.306 e. The highest BCUT2D eigenvalue weighted by Gasteiger charge is 2.31. The Kier molecular flexibility index (Phi) is 4.10. The van der Waals surface area contributed by atoms with E-state index in [2.05, 4.69) is 36.1 Å². The second kappa shape index (κ2) is 6.20. The van der Waals surface area contributed by atoms with Gasteiger partial charge in [-0.3, -0.25) is 10.1 Å². The van der Waals surface area contributed by atoms with Gasteiger partial charge in [0.05, 0.1) is 5.69 Å². The van der Waals surface area contributed by atoms with E-state index in [-0.39, 0.29) is 5.91 Å². The number of carbonyl (C=O) groups is 1. The van der Waals surface area contributed by atoms with Gasteiger partial charge in [0.25, 0.3) is 5.91 Å². The summed E-state index contributed by atoms with van der Waals surface area (Å²) in [7, 11) is 0. The molecule has 3 aromatic heterocycles. The zero-order valence-corrected chi connectivity index (χ0v) is 16.5. The smallest absolute Gasteiger partial charge is 0.277 e. The van der Waals surface area contributed by atoms with Crippen molar-refractivity contribution in [2.24, 2.45) is 11.3 Å². The predicted molar refractivity (Wildman–Crippen MR) is 105 cm³/mol. The number of rotatable bonds is 2. The van der Waals surface area contributed by atoms with Crippen molar-refractivity contribution in [1.29, 1.82) is 0 Å². The molecule has 0 saturated heterocycles. The highest BCUT2D eigenvalue weighted by atomic mass is 32.1. The van der Waals surface area contributed by atoms with Crippen molar-refractivity contribution >= 4 is 28.0 Å². The molecule has 5 nitrogen and oxygen atoms in total. The van der Waals surface area contributed by atoms with Crippen molar-refractivity contribution in [2.45, 2.75) is 47.0 Å². The standard InChI is InChI=1S/C20H24N4OS/c1-12-7-8-24-11-15(21-17(24)9-12)18(25)23-19-22-14-6-5-13(20(2,3)4)10-16(14)26-19/h7-9,11,13H,5-6,10H2,1-4H3,(H,22,23,25). The lowest BCUT2D eigenvalue weighted by Crippen LogP contribution is -2.26. The Morgan fingerprint density at radius 3 is 2.92 bits per heavy atom. The maximum atomic E-state index is 12.6. The van der Waals surface area contributed by atoms with Gasteiger partial charge in [-0.05, 0) is 55.2 Å². The van der Waals surface area contributed by atoms with Crippen LogP contribution in [0.3, 0.4) is 0 Å². The van der Waals surface area contributed by atoms with Crippen molar-refractivity contribution < 1.29 is 4.79 Å². The van der Waals surface area contributed by atoms with Gasteiger partial charge in [-0.15, -0.1) is 11.3 Å². The highest BCUT2D eigenvalue weighted by molar-refractivity contribution is 7.15. The number of fused-ring (bicyclic) bond motifs is 2. The maximum Gasteiger partial charge on any atom is 0.277 e. The molecule has 1 amide bonds. The summed E-state index contributed by atoms with van der Waals surface area (Å²) in [5.41, 5.74) is 3.77. The van der Waals surface area contributed by atoms with Gasteiger partial charge in [-0.1, -0.05) is 20.8 Å². The minimum absolute atomic E-state index is 0.204. The van der Waals surface area contributed by atoms with Crippen LogP contribution in [0.1, 0.15) is 53.8 Å². The number of nitrogens with zero attached hydrogens (tertiary/aromatic N) is 3. The number of pyridine rings is 1. The van der Waals surface area contributed by atoms with Gasteiger partial charge < -0.3 is 4.40 Å². The number of nitrogens with one attached hydrogen (secondary N) is 1. The molecule has 1 aliphatic carbocycles. The molecule has 1 unspecified atom stereocenters. The van der Waals surface area contributed by atoms with E-state index in [4.69, 9.17) is 0 Å². The average Bonchev–Trinajstić information content (AvgIpc) is 3.15. The zero-order valence-electron chi connectivity index (χ0n) is 15.7. The van der Waals surface area contributed by atoms with Crippen molar-refractivity contribution in [3.63, 3.8) is 0 Å². The van der Waals surface area contributed by atoms with Crippen LogP contribution in [-0.4, -0.2) is 20.3 Å². The normalized spacial score (nSPS) is 17.3. The number of amides is 1. The van der Waals surface area contributed by atoms with Crippen LogP contribution in [0.15, 0.2) is 24.5 Å². The van der Waals surface area contributed by atoms with E-state index in [1.54, 1.807) is 17.5 Å². The lowest BCUT2D eigenvalue weighted by molar-refractivity contribution is 0.102. The van der Waals surface area contributed by atoms with E-state index in [0.29, 0.717) is 22.2 Å². The lowest BCUT2D eigenvalue weighted by Gasteiger charge is -2.33. The van der Waals surface area contributed by atoms with E-state index >= 15 is 0 Å². The Hall–Kier alpha value is -2.21. The number of carbonyl (C=O) groups excluding carboxylic acids is 1. The lowest BCUT2D eigenvalue weighted by atomic mass is 9.73. The van der Waals surface area contributed by atoms with Crippen molar-refractivity contribution in [3.8, 4) is 0 Å². The predicted octanol–water partition coefficient (Wildman–Crippen LogP) is 4.50. The summed E-state index contributed by atoms with van der Waals surface area (Å²) < 4.78 is 1.86. The molecule has 136 valence electrons. The fraction of sp³-hybridized carbons (Fsp3) is 0.450. The fourth-order valence-corrected chi connectivity index (χ4v) is 4.60. The largest absolute Gasteiger partial charge is 0.306 e. The molecule has 1 N–H and O–H groups in total. The third kappa shape index (κ3) is 3.26. The van der Waals surface area contributed by atoms with Crippen LogP contribution in [0.5, 0.6) is 0 Å². The van der Waals surface area contributed by atoms with E-state index in [9.17, 15) is 4.79 Å². The van der Waals surface area contributed by atoms with Gasteiger partial charge >= 0.3 is 0 Å². The van der Waals surface area contributed by atoms with Crippen molar-refractivity contribution in [2.75, 3.05) is 5.32 Å². The van der Waals surface area contributed by atoms with Gasteiger partial charge in [-0.25, -0.2) is 9.97 Å². The second-order valence-electron chi connectivity index (χ2n) is 8.24. The van der Waals surface area contributed by atoms with Crippen molar-refractivity contribution in [3.05, 3.63) is 46.4 Å². The number of anilines is 1. The first-order valence-electron chi connectivity index (χ1n) is 9.05. The van der Waals surface area contributed by atoms with E-state index < -0.39 is 0 Å². The Labute approximate surface area is 157 Å². The molecule has 3 aromatic rings. The fourth-order valence-electron chi connectivity index (χ4n) is 3.52. The molecular formula is C20H24N4OS. The highest BCUT2D eigenvalue weighted by Crippen LogP contribution is 2.40. The second-order valence-corrected chi connectivity index (χ2v) is 9.33. The molecule has 0 fully saturated rings. The zero-order chi connectivity index (χ0) is 18.5. The summed E-state index contributed by atoms with van der Waals surface area (Å²) in [6.45, 7) is 8.92. The Morgan fingerprint density at radius 2 is 2.15 bits per heavy atom. The minimum atomic E-state index is -0.204. The molecule has 6 heteroatoms. The Bertz CT molecular complexity index is 980. The molecule has 0 bridgehead atoms. The van der Waals surface area contributed by atoms with Gasteiger partial charge in [0.2, 0.25) is 0 Å². The van der Waals surface area contributed by atoms with Gasteiger partial charge in [0, 0.05) is 17.3 Å². The van der Waals surface area contributed by atoms with Crippen LogP contribution < -0.4 is 5.32 Å². The number of hydrogen-bond acceptors (Lipinski definition) is 4. The Morgan fingerprint density at radius 1 is 1.35 bits per heavy atom. The summed E-state index contributed by atoms with van der Waals surface area (Å²) in [5.74, 6) is 0.463. The Balaban J connectivity index is 1.52. The first-order chi connectivity index (χ1) is 12.3. The van der Waals surface area contributed by atoms with E-state index in [1.165, 1.54) is 11.3 Å². The number of thiazole rings is 1.